The van der Waals surface area contributed by atoms with Gasteiger partial charge in [-0.2, -0.15) is 5.10 Å². The summed E-state index contributed by atoms with van der Waals surface area (Å²) >= 11 is 0. The van der Waals surface area contributed by atoms with Crippen molar-refractivity contribution in [2.24, 2.45) is 0 Å². The van der Waals surface area contributed by atoms with Gasteiger partial charge in [0, 0.05) is 37.8 Å². The zero-order valence-corrected chi connectivity index (χ0v) is 18.0. The molecule has 0 saturated carbocycles. The largest absolute Gasteiger partial charge is 0.383 e. The minimum absolute atomic E-state index is 0.0715. The van der Waals surface area contributed by atoms with Crippen LogP contribution in [0.4, 0.5) is 0 Å². The van der Waals surface area contributed by atoms with Crippen molar-refractivity contribution in [2.75, 3.05) is 26.9 Å². The molecular formula is C24H33N3O3. The van der Waals surface area contributed by atoms with Crippen molar-refractivity contribution in [3.63, 3.8) is 0 Å². The molecule has 1 aromatic carbocycles. The van der Waals surface area contributed by atoms with Gasteiger partial charge in [-0.3, -0.25) is 9.48 Å². The van der Waals surface area contributed by atoms with Gasteiger partial charge in [0.1, 0.15) is 0 Å². The Hall–Kier alpha value is -2.18. The van der Waals surface area contributed by atoms with E-state index in [-0.39, 0.29) is 11.9 Å². The molecule has 2 aliphatic rings. The highest BCUT2D eigenvalue weighted by molar-refractivity contribution is 5.76. The smallest absolute Gasteiger partial charge is 0.223 e. The van der Waals surface area contributed by atoms with Crippen LogP contribution in [0.25, 0.3) is 0 Å². The van der Waals surface area contributed by atoms with Crippen molar-refractivity contribution in [1.29, 1.82) is 0 Å². The van der Waals surface area contributed by atoms with Gasteiger partial charge < -0.3 is 14.4 Å². The number of benzene rings is 1. The van der Waals surface area contributed by atoms with Crippen LogP contribution in [0, 0.1) is 0 Å². The van der Waals surface area contributed by atoms with Crippen molar-refractivity contribution < 1.29 is 14.3 Å². The van der Waals surface area contributed by atoms with E-state index in [2.05, 4.69) is 33.8 Å². The summed E-state index contributed by atoms with van der Waals surface area (Å²) in [4.78, 5) is 15.2. The molecule has 0 bridgehead atoms. The molecule has 1 amide bonds. The number of nitrogens with zero attached hydrogens (tertiary/aromatic N) is 3. The number of rotatable bonds is 8. The van der Waals surface area contributed by atoms with Gasteiger partial charge in [0.15, 0.2) is 0 Å². The Kier molecular flexibility index (Phi) is 7.18. The molecule has 1 saturated heterocycles. The molecular weight excluding hydrogens is 378 g/mol. The minimum atomic E-state index is 0.0715. The van der Waals surface area contributed by atoms with E-state index >= 15 is 0 Å². The third-order valence-corrected chi connectivity index (χ3v) is 6.27. The van der Waals surface area contributed by atoms with Gasteiger partial charge in [-0.05, 0) is 37.7 Å². The quantitative estimate of drug-likeness (QED) is 0.665. The van der Waals surface area contributed by atoms with Crippen LogP contribution in [0.2, 0.25) is 0 Å². The summed E-state index contributed by atoms with van der Waals surface area (Å²) in [6.07, 6.45) is 6.50. The number of fused-ring (bicyclic) bond motifs is 1. The number of aromatic nitrogens is 2. The van der Waals surface area contributed by atoms with Gasteiger partial charge in [-0.1, -0.05) is 30.3 Å². The third kappa shape index (κ3) is 4.76. The normalized spacial score (nSPS) is 19.0. The summed E-state index contributed by atoms with van der Waals surface area (Å²) in [5.74, 6) is 0.257. The molecule has 6 heteroatoms. The zero-order valence-electron chi connectivity index (χ0n) is 18.0. The van der Waals surface area contributed by atoms with Crippen LogP contribution in [0.1, 0.15) is 60.7 Å². The second-order valence-corrected chi connectivity index (χ2v) is 8.27. The number of piperidine rings is 1. The summed E-state index contributed by atoms with van der Waals surface area (Å²) < 4.78 is 13.1. The molecule has 1 unspecified atom stereocenters. The second kappa shape index (κ2) is 10.2. The first-order chi connectivity index (χ1) is 14.8. The maximum Gasteiger partial charge on any atom is 0.223 e. The SMILES string of the molecule is COCCn1nc(C2CCCCN2C(=O)CCCc2ccccc2)c2c1CCOC2. The summed E-state index contributed by atoms with van der Waals surface area (Å²) in [5, 5.41) is 4.98. The van der Waals surface area contributed by atoms with Crippen LogP contribution in [0.5, 0.6) is 0 Å². The topological polar surface area (TPSA) is 56.6 Å². The van der Waals surface area contributed by atoms with E-state index in [4.69, 9.17) is 14.6 Å². The van der Waals surface area contributed by atoms with Crippen LogP contribution in [-0.4, -0.2) is 47.5 Å². The molecule has 4 rings (SSSR count). The van der Waals surface area contributed by atoms with Crippen molar-refractivity contribution in [1.82, 2.24) is 14.7 Å². The standard InChI is InChI=1S/C24H33N3O3/c1-29-17-15-27-21-13-16-30-18-20(21)24(25-27)22-11-5-6-14-26(22)23(28)12-7-10-19-8-3-2-4-9-19/h2-4,8-9,22H,5-7,10-18H2,1H3. The highest BCUT2D eigenvalue weighted by Crippen LogP contribution is 2.35. The van der Waals surface area contributed by atoms with Crippen LogP contribution in [0.3, 0.4) is 0 Å². The Bertz CT molecular complexity index is 834. The molecule has 2 aliphatic heterocycles. The number of carbonyl (C=O) groups is 1. The van der Waals surface area contributed by atoms with E-state index in [9.17, 15) is 4.79 Å². The zero-order chi connectivity index (χ0) is 20.8. The number of aryl methyl sites for hydroxylation is 1. The molecule has 1 fully saturated rings. The third-order valence-electron chi connectivity index (χ3n) is 6.27. The van der Waals surface area contributed by atoms with E-state index in [0.717, 1.165) is 63.9 Å². The van der Waals surface area contributed by atoms with Gasteiger partial charge >= 0.3 is 0 Å². The van der Waals surface area contributed by atoms with Crippen molar-refractivity contribution >= 4 is 5.91 Å². The molecule has 0 aliphatic carbocycles. The highest BCUT2D eigenvalue weighted by Gasteiger charge is 2.33. The lowest BCUT2D eigenvalue weighted by molar-refractivity contribution is -0.135. The summed E-state index contributed by atoms with van der Waals surface area (Å²) in [7, 11) is 1.72. The van der Waals surface area contributed by atoms with Crippen molar-refractivity contribution in [3.8, 4) is 0 Å². The first-order valence-electron chi connectivity index (χ1n) is 11.3. The number of ether oxygens (including phenoxy) is 2. The Morgan fingerprint density at radius 2 is 2.13 bits per heavy atom. The second-order valence-electron chi connectivity index (χ2n) is 8.27. The first kappa shape index (κ1) is 21.1. The number of carbonyl (C=O) groups excluding carboxylic acids is 1. The maximum atomic E-state index is 13.2. The van der Waals surface area contributed by atoms with Gasteiger partial charge in [0.2, 0.25) is 5.91 Å². The Morgan fingerprint density at radius 1 is 1.27 bits per heavy atom. The van der Waals surface area contributed by atoms with E-state index in [1.54, 1.807) is 7.11 Å². The number of hydrogen-bond acceptors (Lipinski definition) is 4. The lowest BCUT2D eigenvalue weighted by atomic mass is 9.94. The molecule has 30 heavy (non-hydrogen) atoms. The molecule has 1 aromatic heterocycles. The number of likely N-dealkylation sites (tertiary alicyclic amines) is 1. The van der Waals surface area contributed by atoms with Gasteiger partial charge in [0.25, 0.3) is 0 Å². The lowest BCUT2D eigenvalue weighted by Crippen LogP contribution is -2.39. The number of amides is 1. The van der Waals surface area contributed by atoms with Crippen LogP contribution < -0.4 is 0 Å². The number of methoxy groups -OCH3 is 1. The van der Waals surface area contributed by atoms with Crippen LogP contribution in [-0.2, 0) is 40.3 Å². The summed E-state index contributed by atoms with van der Waals surface area (Å²) in [6, 6.07) is 10.5. The van der Waals surface area contributed by atoms with Gasteiger partial charge in [-0.25, -0.2) is 0 Å². The van der Waals surface area contributed by atoms with Gasteiger partial charge in [0.05, 0.1) is 38.1 Å². The predicted octanol–water partition coefficient (Wildman–Crippen LogP) is 3.68. The van der Waals surface area contributed by atoms with Gasteiger partial charge in [-0.15, -0.1) is 0 Å². The Balaban J connectivity index is 1.48. The summed E-state index contributed by atoms with van der Waals surface area (Å²) in [5.41, 5.74) is 4.81. The molecule has 6 nitrogen and oxygen atoms in total. The average molecular weight is 412 g/mol. The first-order valence-corrected chi connectivity index (χ1v) is 11.3. The monoisotopic (exact) mass is 411 g/mol. The lowest BCUT2D eigenvalue weighted by Gasteiger charge is -2.35. The average Bonchev–Trinajstić information content (AvgIpc) is 3.17. The fraction of sp³-hybridized carbons (Fsp3) is 0.583. The molecule has 1 atom stereocenters. The highest BCUT2D eigenvalue weighted by atomic mass is 16.5. The van der Waals surface area contributed by atoms with Crippen molar-refractivity contribution in [2.45, 2.75) is 64.1 Å². The van der Waals surface area contributed by atoms with E-state index in [1.165, 1.54) is 16.8 Å². The molecule has 0 spiro atoms. The fourth-order valence-corrected chi connectivity index (χ4v) is 4.71. The van der Waals surface area contributed by atoms with E-state index in [1.807, 2.05) is 6.07 Å². The summed E-state index contributed by atoms with van der Waals surface area (Å²) in [6.45, 7) is 3.55. The predicted molar refractivity (Wildman–Crippen MR) is 115 cm³/mol. The fourth-order valence-electron chi connectivity index (χ4n) is 4.71. The Labute approximate surface area is 179 Å². The molecule has 162 valence electrons. The van der Waals surface area contributed by atoms with Crippen molar-refractivity contribution in [3.05, 3.63) is 52.8 Å². The van der Waals surface area contributed by atoms with Crippen LogP contribution in [0.15, 0.2) is 30.3 Å². The Morgan fingerprint density at radius 3 is 2.97 bits per heavy atom. The molecule has 0 N–H and O–H groups in total. The van der Waals surface area contributed by atoms with E-state index < -0.39 is 0 Å². The molecule has 0 radical (unpaired) electrons. The minimum Gasteiger partial charge on any atom is -0.383 e. The molecule has 2 aromatic rings. The van der Waals surface area contributed by atoms with E-state index in [0.29, 0.717) is 19.6 Å². The molecule has 3 heterocycles. The maximum absolute atomic E-state index is 13.2. The van der Waals surface area contributed by atoms with Crippen LogP contribution >= 0.6 is 0 Å². The number of hydrogen-bond donors (Lipinski definition) is 0.